The monoisotopic (exact) mass is 283 g/mol. The lowest BCUT2D eigenvalue weighted by atomic mass is 9.88. The van der Waals surface area contributed by atoms with Gasteiger partial charge in [0, 0.05) is 30.6 Å². The summed E-state index contributed by atoms with van der Waals surface area (Å²) in [6, 6.07) is 0. The van der Waals surface area contributed by atoms with Crippen LogP contribution in [0.4, 0.5) is 0 Å². The molecule has 1 atom stereocenters. The molecule has 1 N–H and O–H groups in total. The molecule has 5 heteroatoms. The van der Waals surface area contributed by atoms with Crippen molar-refractivity contribution in [3.05, 3.63) is 46.5 Å². The quantitative estimate of drug-likeness (QED) is 0.868. The van der Waals surface area contributed by atoms with E-state index in [9.17, 15) is 5.11 Å². The van der Waals surface area contributed by atoms with E-state index in [-0.39, 0.29) is 0 Å². The Morgan fingerprint density at radius 3 is 3.10 bits per heavy atom. The van der Waals surface area contributed by atoms with Crippen LogP contribution in [-0.2, 0) is 24.8 Å². The average molecular weight is 283 g/mol. The van der Waals surface area contributed by atoms with E-state index >= 15 is 0 Å². The smallest absolute Gasteiger partial charge is 0.104 e. The van der Waals surface area contributed by atoms with Gasteiger partial charge in [0.05, 0.1) is 25.1 Å². The van der Waals surface area contributed by atoms with Gasteiger partial charge in [0.25, 0.3) is 0 Å². The highest BCUT2D eigenvalue weighted by Gasteiger charge is 2.24. The fourth-order valence-electron chi connectivity index (χ4n) is 3.18. The minimum absolute atomic E-state index is 0.350. The Morgan fingerprint density at radius 2 is 2.19 bits per heavy atom. The Bertz CT molecular complexity index is 733. The number of hydrogen-bond donors (Lipinski definition) is 1. The molecule has 1 unspecified atom stereocenters. The zero-order valence-electron chi connectivity index (χ0n) is 11.9. The van der Waals surface area contributed by atoms with Gasteiger partial charge in [-0.1, -0.05) is 0 Å². The molecule has 0 saturated heterocycles. The van der Waals surface area contributed by atoms with Crippen molar-refractivity contribution in [3.63, 3.8) is 0 Å². The summed E-state index contributed by atoms with van der Waals surface area (Å²) in [6.07, 6.45) is 9.14. The van der Waals surface area contributed by atoms with Crippen LogP contribution in [0.5, 0.6) is 0 Å². The number of aliphatic hydroxyl groups is 1. The predicted octanol–water partition coefficient (Wildman–Crippen LogP) is 1.87. The predicted molar refractivity (Wildman–Crippen MR) is 78.3 cm³/mol. The molecule has 0 radical (unpaired) electrons. The lowest BCUT2D eigenvalue weighted by Crippen LogP contribution is -2.18. The van der Waals surface area contributed by atoms with Gasteiger partial charge in [0.2, 0.25) is 0 Å². The van der Waals surface area contributed by atoms with E-state index in [1.54, 1.807) is 6.20 Å². The number of allylic oxidation sites excluding steroid dienone is 1. The van der Waals surface area contributed by atoms with Crippen molar-refractivity contribution in [3.8, 4) is 0 Å². The molecular weight excluding hydrogens is 266 g/mol. The van der Waals surface area contributed by atoms with E-state index in [0.29, 0.717) is 13.2 Å². The molecule has 0 bridgehead atoms. The van der Waals surface area contributed by atoms with E-state index in [2.05, 4.69) is 16.2 Å². The highest BCUT2D eigenvalue weighted by Crippen LogP contribution is 2.35. The van der Waals surface area contributed by atoms with Gasteiger partial charge in [-0.25, -0.2) is 0 Å². The second kappa shape index (κ2) is 4.79. The first kappa shape index (κ1) is 12.7. The molecule has 5 nitrogen and oxygen atoms in total. The lowest BCUT2D eigenvalue weighted by Gasteiger charge is -2.25. The standard InChI is InChI=1S/C16H17N3O2/c1-19-15-4-10(2-3-11(15)5-18-19)12-6-17-7-13-14(12)8-21-9-16(13)20/h4-7,16,20H,2-3,8-9H2,1H3. The van der Waals surface area contributed by atoms with E-state index in [1.807, 2.05) is 24.1 Å². The average Bonchev–Trinajstić information content (AvgIpc) is 2.88. The number of rotatable bonds is 1. The third-order valence-electron chi connectivity index (χ3n) is 4.36. The number of hydrogen-bond acceptors (Lipinski definition) is 4. The van der Waals surface area contributed by atoms with Crippen LogP contribution >= 0.6 is 0 Å². The third kappa shape index (κ3) is 2.01. The number of nitrogens with zero attached hydrogens (tertiary/aromatic N) is 3. The van der Waals surface area contributed by atoms with E-state index in [1.165, 1.54) is 11.1 Å². The summed E-state index contributed by atoms with van der Waals surface area (Å²) >= 11 is 0. The molecule has 0 saturated carbocycles. The van der Waals surface area contributed by atoms with Crippen LogP contribution in [0, 0.1) is 0 Å². The summed E-state index contributed by atoms with van der Waals surface area (Å²) in [5, 5.41) is 14.4. The van der Waals surface area contributed by atoms with Crippen LogP contribution in [0.3, 0.4) is 0 Å². The van der Waals surface area contributed by atoms with Crippen molar-refractivity contribution in [2.45, 2.75) is 25.6 Å². The molecule has 0 fully saturated rings. The molecule has 2 aliphatic rings. The number of ether oxygens (including phenoxy) is 1. The fourth-order valence-corrected chi connectivity index (χ4v) is 3.18. The molecule has 3 heterocycles. The van der Waals surface area contributed by atoms with Crippen molar-refractivity contribution in [1.29, 1.82) is 0 Å². The SMILES string of the molecule is Cn1ncc2c1C=C(c1cncc3c1COCC3O)CC2. The van der Waals surface area contributed by atoms with Crippen LogP contribution in [0.15, 0.2) is 18.6 Å². The molecular formula is C16H17N3O2. The zero-order chi connectivity index (χ0) is 14.4. The Kier molecular flexibility index (Phi) is 2.90. The molecule has 21 heavy (non-hydrogen) atoms. The van der Waals surface area contributed by atoms with Crippen LogP contribution in [0.2, 0.25) is 0 Å². The van der Waals surface area contributed by atoms with Crippen molar-refractivity contribution >= 4 is 11.6 Å². The van der Waals surface area contributed by atoms with Gasteiger partial charge < -0.3 is 9.84 Å². The minimum atomic E-state index is -0.572. The van der Waals surface area contributed by atoms with Crippen molar-refractivity contribution in [2.24, 2.45) is 7.05 Å². The van der Waals surface area contributed by atoms with Crippen LogP contribution < -0.4 is 0 Å². The topological polar surface area (TPSA) is 60.2 Å². The van der Waals surface area contributed by atoms with Gasteiger partial charge in [-0.3, -0.25) is 9.67 Å². The first-order valence-corrected chi connectivity index (χ1v) is 7.18. The maximum atomic E-state index is 10.1. The Hall–Kier alpha value is -1.98. The van der Waals surface area contributed by atoms with Gasteiger partial charge >= 0.3 is 0 Å². The number of aromatic nitrogens is 3. The first-order chi connectivity index (χ1) is 10.2. The summed E-state index contributed by atoms with van der Waals surface area (Å²) < 4.78 is 7.40. The van der Waals surface area contributed by atoms with Gasteiger partial charge in [-0.2, -0.15) is 5.10 Å². The van der Waals surface area contributed by atoms with Crippen LogP contribution in [-0.4, -0.2) is 26.5 Å². The largest absolute Gasteiger partial charge is 0.386 e. The summed E-state index contributed by atoms with van der Waals surface area (Å²) in [4.78, 5) is 4.31. The molecule has 4 rings (SSSR count). The third-order valence-corrected chi connectivity index (χ3v) is 4.36. The maximum absolute atomic E-state index is 10.1. The van der Waals surface area contributed by atoms with Crippen LogP contribution in [0.1, 0.15) is 40.5 Å². The van der Waals surface area contributed by atoms with Gasteiger partial charge in [-0.05, 0) is 35.6 Å². The Morgan fingerprint density at radius 1 is 1.29 bits per heavy atom. The number of fused-ring (bicyclic) bond motifs is 2. The summed E-state index contributed by atoms with van der Waals surface area (Å²) in [5.74, 6) is 0. The van der Waals surface area contributed by atoms with Gasteiger partial charge in [0.15, 0.2) is 0 Å². The molecule has 0 aromatic carbocycles. The second-order valence-corrected chi connectivity index (χ2v) is 5.63. The highest BCUT2D eigenvalue weighted by atomic mass is 16.5. The highest BCUT2D eigenvalue weighted by molar-refractivity contribution is 5.84. The molecule has 2 aromatic heterocycles. The molecule has 1 aliphatic carbocycles. The number of pyridine rings is 1. The van der Waals surface area contributed by atoms with Crippen molar-refractivity contribution in [2.75, 3.05) is 6.61 Å². The normalized spacial score (nSPS) is 20.7. The molecule has 108 valence electrons. The first-order valence-electron chi connectivity index (χ1n) is 7.18. The summed E-state index contributed by atoms with van der Waals surface area (Å²) in [6.45, 7) is 0.892. The molecule has 1 aliphatic heterocycles. The maximum Gasteiger partial charge on any atom is 0.104 e. The second-order valence-electron chi connectivity index (χ2n) is 5.63. The Balaban J connectivity index is 1.83. The van der Waals surface area contributed by atoms with Gasteiger partial charge in [0.1, 0.15) is 6.10 Å². The minimum Gasteiger partial charge on any atom is -0.386 e. The van der Waals surface area contributed by atoms with Gasteiger partial charge in [-0.15, -0.1) is 0 Å². The van der Waals surface area contributed by atoms with E-state index in [4.69, 9.17) is 4.74 Å². The van der Waals surface area contributed by atoms with Crippen molar-refractivity contribution < 1.29 is 9.84 Å². The molecule has 0 amide bonds. The van der Waals surface area contributed by atoms with Crippen molar-refractivity contribution in [1.82, 2.24) is 14.8 Å². The number of aliphatic hydroxyl groups excluding tert-OH is 1. The summed E-state index contributed by atoms with van der Waals surface area (Å²) in [7, 11) is 1.96. The van der Waals surface area contributed by atoms with E-state index < -0.39 is 6.10 Å². The fraction of sp³-hybridized carbons (Fsp3) is 0.375. The molecule has 2 aromatic rings. The zero-order valence-corrected chi connectivity index (χ0v) is 11.9. The lowest BCUT2D eigenvalue weighted by molar-refractivity contribution is 0.00938. The van der Waals surface area contributed by atoms with E-state index in [0.717, 1.165) is 35.2 Å². The van der Waals surface area contributed by atoms with Crippen LogP contribution in [0.25, 0.3) is 11.6 Å². The number of aryl methyl sites for hydroxylation is 2. The Labute approximate surface area is 122 Å². The molecule has 0 spiro atoms. The summed E-state index contributed by atoms with van der Waals surface area (Å²) in [5.41, 5.74) is 6.75.